The van der Waals surface area contributed by atoms with Gasteiger partial charge in [0.1, 0.15) is 0 Å². The van der Waals surface area contributed by atoms with Crippen molar-refractivity contribution in [1.82, 2.24) is 10.0 Å². The van der Waals surface area contributed by atoms with Crippen LogP contribution in [0.5, 0.6) is 0 Å². The number of nitrogens with one attached hydrogen (secondary N) is 1. The van der Waals surface area contributed by atoms with E-state index in [1.807, 2.05) is 7.05 Å². The molecule has 0 amide bonds. The highest BCUT2D eigenvalue weighted by atomic mass is 16.6. The van der Waals surface area contributed by atoms with Crippen molar-refractivity contribution in [1.29, 1.82) is 0 Å². The molecule has 0 saturated heterocycles. The summed E-state index contributed by atoms with van der Waals surface area (Å²) in [5, 5.41) is 0. The highest BCUT2D eigenvalue weighted by molar-refractivity contribution is 5.16. The van der Waals surface area contributed by atoms with Gasteiger partial charge in [-0.2, -0.15) is 5.48 Å². The summed E-state index contributed by atoms with van der Waals surface area (Å²) in [5.41, 5.74) is 5.30. The van der Waals surface area contributed by atoms with Crippen LogP contribution in [0.25, 0.3) is 0 Å². The highest BCUT2D eigenvalue weighted by Gasteiger charge is 1.97. The number of nitrogens with zero attached hydrogens (tertiary/aromatic N) is 1. The first kappa shape index (κ1) is 8.30. The average Bonchev–Trinajstić information content (AvgIpc) is 2.26. The zero-order chi connectivity index (χ0) is 8.27. The van der Waals surface area contributed by atoms with E-state index in [0.717, 1.165) is 6.54 Å². The van der Waals surface area contributed by atoms with Crippen molar-refractivity contribution >= 4 is 0 Å². The molecule has 62 valence electrons. The molecule has 1 aromatic rings. The number of rotatable bonds is 3. The fourth-order valence-electron chi connectivity index (χ4n) is 1.11. The van der Waals surface area contributed by atoms with E-state index in [9.17, 15) is 0 Å². The molecule has 3 heteroatoms. The van der Waals surface area contributed by atoms with Crippen LogP contribution in [0.3, 0.4) is 0 Å². The quantitative estimate of drug-likeness (QED) is 0.657. The third-order valence-corrected chi connectivity index (χ3v) is 1.64. The predicted molar refractivity (Wildman–Crippen MR) is 44.0 cm³/mol. The molecule has 0 bridgehead atoms. The molecule has 0 aliphatic rings. The van der Waals surface area contributed by atoms with Gasteiger partial charge in [0.15, 0.2) is 0 Å². The molecule has 0 aromatic carbocycles. The maximum Gasteiger partial charge on any atom is 0.0613 e. The molecule has 0 saturated carbocycles. The van der Waals surface area contributed by atoms with Crippen LogP contribution in [0.2, 0.25) is 0 Å². The van der Waals surface area contributed by atoms with Gasteiger partial charge in [-0.25, -0.2) is 0 Å². The van der Waals surface area contributed by atoms with Crippen molar-refractivity contribution in [2.45, 2.75) is 13.5 Å². The van der Waals surface area contributed by atoms with Crippen molar-refractivity contribution in [3.05, 3.63) is 23.5 Å². The van der Waals surface area contributed by atoms with Crippen LogP contribution in [0, 0.1) is 6.92 Å². The van der Waals surface area contributed by atoms with Gasteiger partial charge in [-0.05, 0) is 18.6 Å². The van der Waals surface area contributed by atoms with Gasteiger partial charge in [-0.3, -0.25) is 0 Å². The fraction of sp³-hybridized carbons (Fsp3) is 0.500. The number of aryl methyl sites for hydroxylation is 2. The number of hydrogen-bond acceptors (Lipinski definition) is 2. The normalized spacial score (nSPS) is 10.5. The van der Waals surface area contributed by atoms with E-state index in [1.165, 1.54) is 11.3 Å². The second-order valence-corrected chi connectivity index (χ2v) is 2.64. The number of hydrogen-bond donors (Lipinski definition) is 1. The fourth-order valence-corrected chi connectivity index (χ4v) is 1.11. The van der Waals surface area contributed by atoms with Gasteiger partial charge >= 0.3 is 0 Å². The summed E-state index contributed by atoms with van der Waals surface area (Å²) >= 11 is 0. The van der Waals surface area contributed by atoms with E-state index < -0.39 is 0 Å². The number of aromatic nitrogens is 1. The van der Waals surface area contributed by atoms with Crippen molar-refractivity contribution in [3.63, 3.8) is 0 Å². The second kappa shape index (κ2) is 3.55. The standard InChI is InChI=1S/C8H14N2O/c1-7-4-8(5-9-11-3)10(2)6-7/h4,6,9H,5H2,1-3H3. The Bertz CT molecular complexity index is 230. The highest BCUT2D eigenvalue weighted by Crippen LogP contribution is 2.04. The van der Waals surface area contributed by atoms with E-state index in [0.29, 0.717) is 0 Å². The SMILES string of the molecule is CONCc1cc(C)cn1C. The first-order valence-corrected chi connectivity index (χ1v) is 3.61. The minimum absolute atomic E-state index is 0.751. The van der Waals surface area contributed by atoms with Crippen LogP contribution in [-0.4, -0.2) is 11.7 Å². The van der Waals surface area contributed by atoms with Gasteiger partial charge in [-0.1, -0.05) is 0 Å². The van der Waals surface area contributed by atoms with Crippen LogP contribution in [0.1, 0.15) is 11.3 Å². The summed E-state index contributed by atoms with van der Waals surface area (Å²) in [6.07, 6.45) is 2.09. The summed E-state index contributed by atoms with van der Waals surface area (Å²) in [5.74, 6) is 0. The molecular weight excluding hydrogens is 140 g/mol. The maximum absolute atomic E-state index is 4.75. The minimum Gasteiger partial charge on any atom is -0.353 e. The Balaban J connectivity index is 2.62. The first-order chi connectivity index (χ1) is 5.24. The van der Waals surface area contributed by atoms with Crippen molar-refractivity contribution < 1.29 is 4.84 Å². The van der Waals surface area contributed by atoms with Crippen molar-refractivity contribution in [2.75, 3.05) is 7.11 Å². The molecule has 1 N–H and O–H groups in total. The van der Waals surface area contributed by atoms with E-state index in [2.05, 4.69) is 29.2 Å². The summed E-state index contributed by atoms with van der Waals surface area (Å²) in [4.78, 5) is 4.75. The molecule has 0 aliphatic carbocycles. The predicted octanol–water partition coefficient (Wildman–Crippen LogP) is 0.985. The molecule has 0 fully saturated rings. The molecule has 0 aliphatic heterocycles. The van der Waals surface area contributed by atoms with Crippen molar-refractivity contribution in [3.8, 4) is 0 Å². The lowest BCUT2D eigenvalue weighted by atomic mass is 10.3. The lowest BCUT2D eigenvalue weighted by Gasteiger charge is -2.02. The second-order valence-electron chi connectivity index (χ2n) is 2.64. The van der Waals surface area contributed by atoms with Gasteiger partial charge in [-0.15, -0.1) is 0 Å². The molecule has 1 rings (SSSR count). The molecule has 1 aromatic heterocycles. The lowest BCUT2D eigenvalue weighted by Crippen LogP contribution is -2.12. The van der Waals surface area contributed by atoms with Gasteiger partial charge < -0.3 is 9.40 Å². The van der Waals surface area contributed by atoms with E-state index in [1.54, 1.807) is 7.11 Å². The van der Waals surface area contributed by atoms with E-state index in [4.69, 9.17) is 4.84 Å². The molecule has 3 nitrogen and oxygen atoms in total. The smallest absolute Gasteiger partial charge is 0.0613 e. The molecular formula is C8H14N2O. The van der Waals surface area contributed by atoms with Crippen molar-refractivity contribution in [2.24, 2.45) is 7.05 Å². The largest absolute Gasteiger partial charge is 0.353 e. The van der Waals surface area contributed by atoms with Gasteiger partial charge in [0.2, 0.25) is 0 Å². The van der Waals surface area contributed by atoms with Gasteiger partial charge in [0.05, 0.1) is 13.7 Å². The zero-order valence-corrected chi connectivity index (χ0v) is 7.22. The zero-order valence-electron chi connectivity index (χ0n) is 7.22. The third kappa shape index (κ3) is 2.06. The van der Waals surface area contributed by atoms with Crippen LogP contribution >= 0.6 is 0 Å². The Kier molecular flexibility index (Phi) is 2.68. The molecule has 0 atom stereocenters. The Labute approximate surface area is 66.9 Å². The first-order valence-electron chi connectivity index (χ1n) is 3.61. The Morgan fingerprint density at radius 3 is 2.82 bits per heavy atom. The van der Waals surface area contributed by atoms with Crippen LogP contribution in [-0.2, 0) is 18.4 Å². The Morgan fingerprint density at radius 1 is 1.64 bits per heavy atom. The molecule has 1 heterocycles. The van der Waals surface area contributed by atoms with Crippen LogP contribution < -0.4 is 5.48 Å². The summed E-state index contributed by atoms with van der Waals surface area (Å²) < 4.78 is 2.08. The average molecular weight is 154 g/mol. The van der Waals surface area contributed by atoms with Gasteiger partial charge in [0.25, 0.3) is 0 Å². The summed E-state index contributed by atoms with van der Waals surface area (Å²) in [6.45, 7) is 2.83. The van der Waals surface area contributed by atoms with E-state index in [-0.39, 0.29) is 0 Å². The molecule has 0 spiro atoms. The van der Waals surface area contributed by atoms with E-state index >= 15 is 0 Å². The third-order valence-electron chi connectivity index (χ3n) is 1.64. The molecule has 0 unspecified atom stereocenters. The Morgan fingerprint density at radius 2 is 2.36 bits per heavy atom. The minimum atomic E-state index is 0.751. The molecule has 11 heavy (non-hydrogen) atoms. The van der Waals surface area contributed by atoms with Gasteiger partial charge in [0, 0.05) is 18.9 Å². The maximum atomic E-state index is 4.75. The summed E-state index contributed by atoms with van der Waals surface area (Å²) in [6, 6.07) is 2.13. The summed E-state index contributed by atoms with van der Waals surface area (Å²) in [7, 11) is 3.65. The monoisotopic (exact) mass is 154 g/mol. The topological polar surface area (TPSA) is 26.2 Å². The Hall–Kier alpha value is -0.800. The lowest BCUT2D eigenvalue weighted by molar-refractivity contribution is 0.0852. The molecule has 0 radical (unpaired) electrons. The number of hydroxylamine groups is 1. The van der Waals surface area contributed by atoms with Crippen LogP contribution in [0.15, 0.2) is 12.3 Å². The van der Waals surface area contributed by atoms with Crippen LogP contribution in [0.4, 0.5) is 0 Å².